The van der Waals surface area contributed by atoms with Crippen molar-refractivity contribution in [1.29, 1.82) is 0 Å². The molecule has 1 N–H and O–H groups in total. The first-order valence-corrected chi connectivity index (χ1v) is 9.91. The first kappa shape index (κ1) is 18.5. The molecule has 6 nitrogen and oxygen atoms in total. The van der Waals surface area contributed by atoms with Gasteiger partial charge in [-0.2, -0.15) is 0 Å². The predicted molar refractivity (Wildman–Crippen MR) is 108 cm³/mol. The van der Waals surface area contributed by atoms with Crippen LogP contribution < -0.4 is 15.0 Å². The number of nitrogens with one attached hydrogen (secondary N) is 1. The van der Waals surface area contributed by atoms with Crippen molar-refractivity contribution < 1.29 is 4.74 Å². The third-order valence-electron chi connectivity index (χ3n) is 4.56. The molecule has 0 spiro atoms. The monoisotopic (exact) mass is 373 g/mol. The van der Waals surface area contributed by atoms with Crippen LogP contribution in [-0.4, -0.2) is 55.7 Å². The van der Waals surface area contributed by atoms with Crippen molar-refractivity contribution in [2.24, 2.45) is 4.99 Å². The summed E-state index contributed by atoms with van der Waals surface area (Å²) in [7, 11) is 1.73. The number of anilines is 1. The number of guanidine groups is 1. The number of rotatable bonds is 5. The Balaban J connectivity index is 1.65. The van der Waals surface area contributed by atoms with Gasteiger partial charge in [-0.3, -0.25) is 0 Å². The third-order valence-corrected chi connectivity index (χ3v) is 5.48. The molecule has 0 saturated carbocycles. The molecule has 1 aromatic carbocycles. The fourth-order valence-electron chi connectivity index (χ4n) is 3.10. The summed E-state index contributed by atoms with van der Waals surface area (Å²) in [5.41, 5.74) is 4.13. The van der Waals surface area contributed by atoms with Crippen LogP contribution in [0.1, 0.15) is 17.5 Å². The molecule has 0 radical (unpaired) electrons. The van der Waals surface area contributed by atoms with Crippen molar-refractivity contribution in [3.8, 4) is 5.75 Å². The quantitative estimate of drug-likeness (QED) is 0.645. The summed E-state index contributed by atoms with van der Waals surface area (Å²) >= 11 is 1.67. The van der Waals surface area contributed by atoms with E-state index in [4.69, 9.17) is 9.73 Å². The number of hydrogen-bond donors (Lipinski definition) is 1. The van der Waals surface area contributed by atoms with E-state index < -0.39 is 0 Å². The van der Waals surface area contributed by atoms with Crippen LogP contribution in [0.25, 0.3) is 0 Å². The SMILES string of the molecule is CCNC(=NCc1scnc1C)N1CCN(c2ccccc2OC)CC1. The largest absolute Gasteiger partial charge is 0.495 e. The lowest BCUT2D eigenvalue weighted by Crippen LogP contribution is -2.52. The molecule has 0 amide bonds. The van der Waals surface area contributed by atoms with E-state index in [2.05, 4.69) is 39.2 Å². The molecule has 0 bridgehead atoms. The van der Waals surface area contributed by atoms with E-state index in [-0.39, 0.29) is 0 Å². The Kier molecular flexibility index (Phi) is 6.33. The first-order chi connectivity index (χ1) is 12.7. The summed E-state index contributed by atoms with van der Waals surface area (Å²) in [5.74, 6) is 1.92. The van der Waals surface area contributed by atoms with Crippen molar-refractivity contribution in [3.05, 3.63) is 40.3 Å². The molecule has 0 unspecified atom stereocenters. The second kappa shape index (κ2) is 8.89. The Hall–Kier alpha value is -2.28. The average Bonchev–Trinajstić information content (AvgIpc) is 3.10. The number of hydrogen-bond acceptors (Lipinski definition) is 5. The van der Waals surface area contributed by atoms with Gasteiger partial charge in [0.05, 0.1) is 30.5 Å². The third kappa shape index (κ3) is 4.27. The summed E-state index contributed by atoms with van der Waals surface area (Å²) in [5, 5.41) is 3.43. The number of para-hydroxylation sites is 2. The van der Waals surface area contributed by atoms with Crippen molar-refractivity contribution in [3.63, 3.8) is 0 Å². The standard InChI is InChI=1S/C19H27N5OS/c1-4-20-19(21-13-18-15(2)22-14-26-18)24-11-9-23(10-12-24)16-7-5-6-8-17(16)25-3/h5-8,14H,4,9-13H2,1-3H3,(H,20,21). The molecule has 7 heteroatoms. The molecule has 2 aromatic rings. The highest BCUT2D eigenvalue weighted by Gasteiger charge is 2.21. The zero-order chi connectivity index (χ0) is 18.4. The summed E-state index contributed by atoms with van der Waals surface area (Å²) in [6, 6.07) is 8.22. The minimum atomic E-state index is 0.686. The molecular weight excluding hydrogens is 346 g/mol. The molecular formula is C19H27N5OS. The van der Waals surface area contributed by atoms with E-state index in [0.29, 0.717) is 6.54 Å². The smallest absolute Gasteiger partial charge is 0.194 e. The van der Waals surface area contributed by atoms with Gasteiger partial charge in [-0.05, 0) is 26.0 Å². The zero-order valence-electron chi connectivity index (χ0n) is 15.7. The van der Waals surface area contributed by atoms with Crippen molar-refractivity contribution in [2.45, 2.75) is 20.4 Å². The van der Waals surface area contributed by atoms with Crippen molar-refractivity contribution in [1.82, 2.24) is 15.2 Å². The van der Waals surface area contributed by atoms with Gasteiger partial charge in [0.15, 0.2) is 5.96 Å². The van der Waals surface area contributed by atoms with Crippen molar-refractivity contribution in [2.75, 3.05) is 44.7 Å². The van der Waals surface area contributed by atoms with E-state index in [1.165, 1.54) is 4.88 Å². The molecule has 2 heterocycles. The lowest BCUT2D eigenvalue weighted by atomic mass is 10.2. The maximum atomic E-state index is 5.51. The molecule has 1 saturated heterocycles. The molecule has 140 valence electrons. The van der Waals surface area contributed by atoms with Crippen LogP contribution in [0.15, 0.2) is 34.8 Å². The minimum Gasteiger partial charge on any atom is -0.495 e. The van der Waals surface area contributed by atoms with Crippen LogP contribution in [0.4, 0.5) is 5.69 Å². The van der Waals surface area contributed by atoms with E-state index in [1.807, 2.05) is 24.6 Å². The summed E-state index contributed by atoms with van der Waals surface area (Å²) in [4.78, 5) is 15.1. The van der Waals surface area contributed by atoms with Crippen LogP contribution in [0.5, 0.6) is 5.75 Å². The molecule has 0 atom stereocenters. The van der Waals surface area contributed by atoms with E-state index in [9.17, 15) is 0 Å². The molecule has 3 rings (SSSR count). The second-order valence-corrected chi connectivity index (χ2v) is 7.12. The number of ether oxygens (including phenoxy) is 1. The van der Waals surface area contributed by atoms with Crippen LogP contribution in [0.2, 0.25) is 0 Å². The topological polar surface area (TPSA) is 53.0 Å². The Bertz CT molecular complexity index is 737. The molecule has 1 fully saturated rings. The number of thiazole rings is 1. The Morgan fingerprint density at radius 2 is 2.04 bits per heavy atom. The number of benzene rings is 1. The van der Waals surface area contributed by atoms with E-state index in [1.54, 1.807) is 18.4 Å². The van der Waals surface area contributed by atoms with Gasteiger partial charge in [0.25, 0.3) is 0 Å². The van der Waals surface area contributed by atoms with Crippen LogP contribution in [0, 0.1) is 6.92 Å². The summed E-state index contributed by atoms with van der Waals surface area (Å²) in [6.07, 6.45) is 0. The molecule has 26 heavy (non-hydrogen) atoms. The van der Waals surface area contributed by atoms with Gasteiger partial charge < -0.3 is 19.9 Å². The van der Waals surface area contributed by atoms with Crippen LogP contribution in [0.3, 0.4) is 0 Å². The van der Waals surface area contributed by atoms with Gasteiger partial charge in [0.2, 0.25) is 0 Å². The highest BCUT2D eigenvalue weighted by Crippen LogP contribution is 2.28. The summed E-state index contributed by atoms with van der Waals surface area (Å²) in [6.45, 7) is 9.48. The molecule has 1 aliphatic rings. The number of aromatic nitrogens is 1. The average molecular weight is 374 g/mol. The number of aliphatic imine (C=N–C) groups is 1. The maximum absolute atomic E-state index is 5.51. The molecule has 0 aliphatic carbocycles. The lowest BCUT2D eigenvalue weighted by Gasteiger charge is -2.38. The zero-order valence-corrected chi connectivity index (χ0v) is 16.6. The Morgan fingerprint density at radius 3 is 2.69 bits per heavy atom. The van der Waals surface area contributed by atoms with E-state index >= 15 is 0 Å². The number of piperazine rings is 1. The second-order valence-electron chi connectivity index (χ2n) is 6.18. The van der Waals surface area contributed by atoms with Gasteiger partial charge in [-0.1, -0.05) is 12.1 Å². The predicted octanol–water partition coefficient (Wildman–Crippen LogP) is 2.75. The Morgan fingerprint density at radius 1 is 1.27 bits per heavy atom. The van der Waals surface area contributed by atoms with Gasteiger partial charge in [0, 0.05) is 37.6 Å². The summed E-state index contributed by atoms with van der Waals surface area (Å²) < 4.78 is 5.51. The highest BCUT2D eigenvalue weighted by atomic mass is 32.1. The maximum Gasteiger partial charge on any atom is 0.194 e. The van der Waals surface area contributed by atoms with Gasteiger partial charge in [-0.25, -0.2) is 9.98 Å². The van der Waals surface area contributed by atoms with Crippen molar-refractivity contribution >= 4 is 23.0 Å². The van der Waals surface area contributed by atoms with Gasteiger partial charge >= 0.3 is 0 Å². The normalized spacial score (nSPS) is 15.3. The fourth-order valence-corrected chi connectivity index (χ4v) is 3.80. The number of nitrogens with zero attached hydrogens (tertiary/aromatic N) is 4. The number of methoxy groups -OCH3 is 1. The van der Waals surface area contributed by atoms with Crippen LogP contribution >= 0.6 is 11.3 Å². The molecule has 1 aliphatic heterocycles. The van der Waals surface area contributed by atoms with E-state index in [0.717, 1.165) is 55.8 Å². The van der Waals surface area contributed by atoms with Gasteiger partial charge in [-0.15, -0.1) is 11.3 Å². The first-order valence-electron chi connectivity index (χ1n) is 9.03. The Labute approximate surface area is 159 Å². The minimum absolute atomic E-state index is 0.686. The lowest BCUT2D eigenvalue weighted by molar-refractivity contribution is 0.367. The van der Waals surface area contributed by atoms with Crippen LogP contribution in [-0.2, 0) is 6.54 Å². The highest BCUT2D eigenvalue weighted by molar-refractivity contribution is 7.09. The fraction of sp³-hybridized carbons (Fsp3) is 0.474. The number of aryl methyl sites for hydroxylation is 1. The molecule has 1 aromatic heterocycles. The van der Waals surface area contributed by atoms with Gasteiger partial charge in [0.1, 0.15) is 5.75 Å².